The molecule has 164 valence electrons. The van der Waals surface area contributed by atoms with Gasteiger partial charge < -0.3 is 11.1 Å². The zero-order chi connectivity index (χ0) is 22.6. The third-order valence-electron chi connectivity index (χ3n) is 5.42. The van der Waals surface area contributed by atoms with Gasteiger partial charge in [0.25, 0.3) is 5.56 Å². The van der Waals surface area contributed by atoms with Gasteiger partial charge in [-0.15, -0.1) is 0 Å². The Balaban J connectivity index is 2.30. The quantitative estimate of drug-likeness (QED) is 0.615. The molecule has 1 atom stereocenters. The predicted molar refractivity (Wildman–Crippen MR) is 121 cm³/mol. The average Bonchev–Trinajstić information content (AvgIpc) is 2.70. The molecule has 0 radical (unpaired) electrons. The maximum atomic E-state index is 12.9. The third kappa shape index (κ3) is 4.90. The monoisotopic (exact) mass is 414 g/mol. The van der Waals surface area contributed by atoms with E-state index in [9.17, 15) is 14.4 Å². The first-order valence-electron chi connectivity index (χ1n) is 10.6. The minimum Gasteiger partial charge on any atom is -0.384 e. The number of nitrogens with two attached hydrogens (primary N) is 1. The summed E-state index contributed by atoms with van der Waals surface area (Å²) >= 11 is 0. The summed E-state index contributed by atoms with van der Waals surface area (Å²) in [5, 5.41) is 3.28. The summed E-state index contributed by atoms with van der Waals surface area (Å²) in [6.07, 6.45) is 0.663. The van der Waals surface area contributed by atoms with E-state index in [0.717, 1.165) is 10.1 Å². The largest absolute Gasteiger partial charge is 0.384 e. The van der Waals surface area contributed by atoms with Crippen molar-refractivity contribution in [3.8, 4) is 0 Å². The molecule has 7 heteroatoms. The van der Waals surface area contributed by atoms with Crippen LogP contribution in [0, 0.1) is 5.92 Å². The van der Waals surface area contributed by atoms with Gasteiger partial charge in [0.1, 0.15) is 11.4 Å². The molecule has 1 aromatic heterocycles. The molecule has 30 heavy (non-hydrogen) atoms. The van der Waals surface area contributed by atoms with Crippen molar-refractivity contribution in [2.75, 3.05) is 12.3 Å². The molecule has 0 bridgehead atoms. The lowest BCUT2D eigenvalue weighted by Gasteiger charge is -2.23. The summed E-state index contributed by atoms with van der Waals surface area (Å²) < 4.78 is 2.24. The number of ketones is 1. The Morgan fingerprint density at radius 2 is 1.63 bits per heavy atom. The SMILES string of the molecule is CCCn1c(N)c(C(=O)CN[C@H](c2ccc(C(C)C)cc2)C(C)C)c(=O)n(C)c1=O. The van der Waals surface area contributed by atoms with Crippen molar-refractivity contribution < 1.29 is 4.79 Å². The number of nitrogen functional groups attached to an aromatic ring is 1. The van der Waals surface area contributed by atoms with E-state index in [0.29, 0.717) is 18.9 Å². The first kappa shape index (κ1) is 23.6. The van der Waals surface area contributed by atoms with Gasteiger partial charge in [-0.25, -0.2) is 4.79 Å². The molecule has 1 heterocycles. The Morgan fingerprint density at radius 3 is 2.13 bits per heavy atom. The van der Waals surface area contributed by atoms with Crippen LogP contribution in [0.5, 0.6) is 0 Å². The maximum absolute atomic E-state index is 12.9. The van der Waals surface area contributed by atoms with Crippen molar-refractivity contribution in [3.63, 3.8) is 0 Å². The Kier molecular flexibility index (Phi) is 7.78. The fourth-order valence-corrected chi connectivity index (χ4v) is 3.60. The zero-order valence-electron chi connectivity index (χ0n) is 18.9. The van der Waals surface area contributed by atoms with Gasteiger partial charge in [-0.3, -0.25) is 18.7 Å². The minimum atomic E-state index is -0.654. The Bertz CT molecular complexity index is 1000. The second-order valence-corrected chi connectivity index (χ2v) is 8.41. The minimum absolute atomic E-state index is 0.0431. The van der Waals surface area contributed by atoms with Crippen LogP contribution in [0.2, 0.25) is 0 Å². The number of hydrogen-bond acceptors (Lipinski definition) is 5. The number of benzene rings is 1. The highest BCUT2D eigenvalue weighted by Gasteiger charge is 2.23. The number of nitrogens with one attached hydrogen (secondary N) is 1. The second kappa shape index (κ2) is 9.89. The van der Waals surface area contributed by atoms with Gasteiger partial charge in [0, 0.05) is 19.6 Å². The van der Waals surface area contributed by atoms with E-state index in [2.05, 4.69) is 57.3 Å². The van der Waals surface area contributed by atoms with Crippen molar-refractivity contribution in [2.45, 2.75) is 59.5 Å². The van der Waals surface area contributed by atoms with Gasteiger partial charge in [-0.2, -0.15) is 0 Å². The Labute approximate surface area is 177 Å². The molecular weight excluding hydrogens is 380 g/mol. The van der Waals surface area contributed by atoms with Crippen LogP contribution in [0.4, 0.5) is 5.82 Å². The number of rotatable bonds is 9. The first-order valence-corrected chi connectivity index (χ1v) is 10.6. The lowest BCUT2D eigenvalue weighted by Crippen LogP contribution is -2.44. The van der Waals surface area contributed by atoms with Gasteiger partial charge in [-0.05, 0) is 29.4 Å². The second-order valence-electron chi connectivity index (χ2n) is 8.41. The fourth-order valence-electron chi connectivity index (χ4n) is 3.60. The molecule has 0 aliphatic carbocycles. The molecule has 0 aliphatic rings. The van der Waals surface area contributed by atoms with Gasteiger partial charge in [-0.1, -0.05) is 58.9 Å². The van der Waals surface area contributed by atoms with E-state index < -0.39 is 17.0 Å². The zero-order valence-corrected chi connectivity index (χ0v) is 18.9. The van der Waals surface area contributed by atoms with Crippen LogP contribution in [0.15, 0.2) is 33.9 Å². The molecule has 0 unspecified atom stereocenters. The van der Waals surface area contributed by atoms with Crippen molar-refractivity contribution in [1.82, 2.24) is 14.5 Å². The van der Waals surface area contributed by atoms with E-state index in [1.807, 2.05) is 6.92 Å². The van der Waals surface area contributed by atoms with Gasteiger partial charge in [0.05, 0.1) is 6.54 Å². The smallest absolute Gasteiger partial charge is 0.332 e. The van der Waals surface area contributed by atoms with E-state index in [1.165, 1.54) is 17.2 Å². The molecule has 3 N–H and O–H groups in total. The number of carbonyl (C=O) groups is 1. The van der Waals surface area contributed by atoms with Crippen LogP contribution in [-0.2, 0) is 13.6 Å². The highest BCUT2D eigenvalue weighted by molar-refractivity contribution is 6.01. The Morgan fingerprint density at radius 1 is 1.07 bits per heavy atom. The molecule has 0 fully saturated rings. The normalized spacial score (nSPS) is 12.5. The van der Waals surface area contributed by atoms with E-state index in [-0.39, 0.29) is 29.9 Å². The summed E-state index contributed by atoms with van der Waals surface area (Å²) in [4.78, 5) is 37.8. The molecular formula is C23H34N4O3. The van der Waals surface area contributed by atoms with Crippen molar-refractivity contribution >= 4 is 11.6 Å². The highest BCUT2D eigenvalue weighted by Crippen LogP contribution is 2.24. The molecule has 0 spiro atoms. The molecule has 2 aromatic rings. The average molecular weight is 415 g/mol. The van der Waals surface area contributed by atoms with E-state index in [4.69, 9.17) is 5.73 Å². The number of anilines is 1. The van der Waals surface area contributed by atoms with Gasteiger partial charge in [0.2, 0.25) is 0 Å². The summed E-state index contributed by atoms with van der Waals surface area (Å²) in [5.41, 5.74) is 7.11. The van der Waals surface area contributed by atoms with Crippen LogP contribution >= 0.6 is 0 Å². The number of nitrogens with zero attached hydrogens (tertiary/aromatic N) is 2. The standard InChI is InChI=1S/C23H34N4O3/c1-7-12-27-21(24)19(22(29)26(6)23(27)30)18(28)13-25-20(15(4)5)17-10-8-16(9-11-17)14(2)3/h8-11,14-15,20,25H,7,12-13,24H2,1-6H3/t20-/m0/s1. The lowest BCUT2D eigenvalue weighted by molar-refractivity contribution is 0.0982. The van der Waals surface area contributed by atoms with Crippen LogP contribution < -0.4 is 22.3 Å². The highest BCUT2D eigenvalue weighted by atomic mass is 16.2. The van der Waals surface area contributed by atoms with Crippen LogP contribution in [0.25, 0.3) is 0 Å². The van der Waals surface area contributed by atoms with Crippen LogP contribution in [-0.4, -0.2) is 21.5 Å². The van der Waals surface area contributed by atoms with E-state index >= 15 is 0 Å². The van der Waals surface area contributed by atoms with Gasteiger partial charge in [0.15, 0.2) is 5.78 Å². The molecule has 0 aliphatic heterocycles. The van der Waals surface area contributed by atoms with Gasteiger partial charge >= 0.3 is 5.69 Å². The number of Topliss-reactive ketones (excluding diaryl/α,β-unsaturated/α-hetero) is 1. The fraction of sp³-hybridized carbons (Fsp3) is 0.522. The summed E-state index contributed by atoms with van der Waals surface area (Å²) in [7, 11) is 1.37. The molecule has 1 aromatic carbocycles. The number of hydrogen-bond donors (Lipinski definition) is 2. The Hall–Kier alpha value is -2.67. The first-order chi connectivity index (χ1) is 14.1. The number of aromatic nitrogens is 2. The lowest BCUT2D eigenvalue weighted by atomic mass is 9.93. The molecule has 2 rings (SSSR count). The topological polar surface area (TPSA) is 99.1 Å². The maximum Gasteiger partial charge on any atom is 0.332 e. The van der Waals surface area contributed by atoms with Crippen molar-refractivity contribution in [3.05, 3.63) is 61.8 Å². The predicted octanol–water partition coefficient (Wildman–Crippen LogP) is 2.83. The summed E-state index contributed by atoms with van der Waals surface area (Å²) in [6.45, 7) is 10.7. The van der Waals surface area contributed by atoms with Crippen molar-refractivity contribution in [2.24, 2.45) is 13.0 Å². The summed E-state index contributed by atoms with van der Waals surface area (Å²) in [6, 6.07) is 8.31. The van der Waals surface area contributed by atoms with E-state index in [1.54, 1.807) is 0 Å². The summed E-state index contributed by atoms with van der Waals surface area (Å²) in [5.74, 6) is 0.211. The molecule has 0 saturated heterocycles. The molecule has 0 saturated carbocycles. The third-order valence-corrected chi connectivity index (χ3v) is 5.42. The van der Waals surface area contributed by atoms with Crippen LogP contribution in [0.1, 0.15) is 74.5 Å². The van der Waals surface area contributed by atoms with Crippen molar-refractivity contribution in [1.29, 1.82) is 0 Å². The number of carbonyl (C=O) groups excluding carboxylic acids is 1. The molecule has 7 nitrogen and oxygen atoms in total. The molecule has 0 amide bonds. The van der Waals surface area contributed by atoms with Crippen LogP contribution in [0.3, 0.4) is 0 Å².